The summed E-state index contributed by atoms with van der Waals surface area (Å²) in [6.07, 6.45) is 0. The average Bonchev–Trinajstić information content (AvgIpc) is 2.27. The molecule has 0 atom stereocenters. The maximum atomic E-state index is 12.3. The molecule has 8 heteroatoms. The number of hydrogen-bond donors (Lipinski definition) is 0. The van der Waals surface area contributed by atoms with Gasteiger partial charge in [-0.1, -0.05) is 15.9 Å². The Morgan fingerprint density at radius 1 is 1.39 bits per heavy atom. The zero-order valence-electron chi connectivity index (χ0n) is 10.1. The third-order valence-corrected chi connectivity index (χ3v) is 5.06. The van der Waals surface area contributed by atoms with E-state index < -0.39 is 20.6 Å². The van der Waals surface area contributed by atoms with Gasteiger partial charge in [0.2, 0.25) is 10.0 Å². The van der Waals surface area contributed by atoms with Crippen LogP contribution in [-0.4, -0.2) is 30.7 Å². The molecule has 0 bridgehead atoms. The summed E-state index contributed by atoms with van der Waals surface area (Å²) in [7, 11) is -2.48. The second-order valence-corrected chi connectivity index (χ2v) is 6.87. The van der Waals surface area contributed by atoms with E-state index in [1.807, 2.05) is 0 Å². The Balaban J connectivity index is 3.49. The summed E-state index contributed by atoms with van der Waals surface area (Å²) >= 11 is 3.12. The van der Waals surface area contributed by atoms with Crippen molar-refractivity contribution in [2.24, 2.45) is 0 Å². The van der Waals surface area contributed by atoms with Gasteiger partial charge in [0.05, 0.1) is 4.92 Å². The van der Waals surface area contributed by atoms with Gasteiger partial charge >= 0.3 is 0 Å². The number of sulfonamides is 1. The molecule has 6 nitrogen and oxygen atoms in total. The normalized spacial score (nSPS) is 12.1. The van der Waals surface area contributed by atoms with Gasteiger partial charge in [-0.05, 0) is 26.0 Å². The van der Waals surface area contributed by atoms with E-state index in [1.165, 1.54) is 25.2 Å². The van der Waals surface area contributed by atoms with E-state index in [1.54, 1.807) is 13.8 Å². The fourth-order valence-corrected chi connectivity index (χ4v) is 3.34. The molecule has 0 N–H and O–H groups in total. The summed E-state index contributed by atoms with van der Waals surface area (Å²) < 4.78 is 26.1. The number of nitrogens with zero attached hydrogens (tertiary/aromatic N) is 2. The predicted molar refractivity (Wildman–Crippen MR) is 70.9 cm³/mol. The Morgan fingerprint density at radius 2 is 1.94 bits per heavy atom. The van der Waals surface area contributed by atoms with Crippen LogP contribution in [-0.2, 0) is 10.0 Å². The van der Waals surface area contributed by atoms with Crippen LogP contribution in [0.3, 0.4) is 0 Å². The number of halogens is 1. The van der Waals surface area contributed by atoms with Crippen molar-refractivity contribution in [3.8, 4) is 0 Å². The van der Waals surface area contributed by atoms with Gasteiger partial charge in [0.25, 0.3) is 5.69 Å². The maximum absolute atomic E-state index is 12.3. The monoisotopic (exact) mass is 336 g/mol. The van der Waals surface area contributed by atoms with E-state index in [9.17, 15) is 18.5 Å². The first-order chi connectivity index (χ1) is 8.17. The number of rotatable bonds is 4. The van der Waals surface area contributed by atoms with Gasteiger partial charge in [0.15, 0.2) is 4.90 Å². The molecule has 0 fully saturated rings. The Labute approximate surface area is 114 Å². The molecule has 0 amide bonds. The Kier molecular flexibility index (Phi) is 4.46. The van der Waals surface area contributed by atoms with E-state index in [4.69, 9.17) is 0 Å². The highest BCUT2D eigenvalue weighted by molar-refractivity contribution is 9.10. The molecule has 1 rings (SSSR count). The first-order valence-electron chi connectivity index (χ1n) is 5.10. The summed E-state index contributed by atoms with van der Waals surface area (Å²) in [4.78, 5) is 9.87. The minimum absolute atomic E-state index is 0.284. The van der Waals surface area contributed by atoms with Crippen molar-refractivity contribution in [3.05, 3.63) is 32.8 Å². The van der Waals surface area contributed by atoms with Gasteiger partial charge < -0.3 is 0 Å². The molecule has 0 heterocycles. The van der Waals surface area contributed by atoms with Gasteiger partial charge in [0, 0.05) is 23.6 Å². The molecule has 0 aliphatic rings. The van der Waals surface area contributed by atoms with Crippen molar-refractivity contribution in [1.82, 2.24) is 4.31 Å². The number of nitro groups is 1. The molecular weight excluding hydrogens is 324 g/mol. The highest BCUT2D eigenvalue weighted by Crippen LogP contribution is 2.29. The molecule has 1 aromatic carbocycles. The topological polar surface area (TPSA) is 80.5 Å². The smallest absolute Gasteiger partial charge is 0.258 e. The second-order valence-electron chi connectivity index (χ2n) is 3.98. The van der Waals surface area contributed by atoms with E-state index in [-0.39, 0.29) is 10.9 Å². The Morgan fingerprint density at radius 3 is 2.39 bits per heavy atom. The van der Waals surface area contributed by atoms with Crippen LogP contribution in [0, 0.1) is 10.1 Å². The lowest BCUT2D eigenvalue weighted by Crippen LogP contribution is -2.33. The Bertz CT molecular complexity index is 571. The minimum Gasteiger partial charge on any atom is -0.258 e. The molecule has 0 saturated carbocycles. The molecule has 0 spiro atoms. The first-order valence-corrected chi connectivity index (χ1v) is 7.33. The summed E-state index contributed by atoms with van der Waals surface area (Å²) in [5, 5.41) is 10.9. The SMILES string of the molecule is CC(C)N(C)S(=O)(=O)c1cc(Br)ccc1[N+](=O)[O-]. The lowest BCUT2D eigenvalue weighted by Gasteiger charge is -2.20. The van der Waals surface area contributed by atoms with Crippen molar-refractivity contribution in [2.45, 2.75) is 24.8 Å². The van der Waals surface area contributed by atoms with Crippen LogP contribution in [0.25, 0.3) is 0 Å². The number of nitro benzene ring substituents is 1. The largest absolute Gasteiger partial charge is 0.289 e. The summed E-state index contributed by atoms with van der Waals surface area (Å²) in [6.45, 7) is 3.39. The van der Waals surface area contributed by atoms with Gasteiger partial charge in [-0.25, -0.2) is 8.42 Å². The molecule has 0 aliphatic heterocycles. The molecule has 100 valence electrons. The third-order valence-electron chi connectivity index (χ3n) is 2.50. The van der Waals surface area contributed by atoms with Gasteiger partial charge in [-0.15, -0.1) is 0 Å². The molecule has 1 aromatic rings. The Hall–Kier alpha value is -0.990. The van der Waals surface area contributed by atoms with Crippen LogP contribution in [0.5, 0.6) is 0 Å². The van der Waals surface area contributed by atoms with Crippen LogP contribution in [0.2, 0.25) is 0 Å². The molecule has 18 heavy (non-hydrogen) atoms. The molecule has 0 aliphatic carbocycles. The zero-order chi connectivity index (χ0) is 14.1. The third kappa shape index (κ3) is 2.88. The molecule has 0 aromatic heterocycles. The van der Waals surface area contributed by atoms with Gasteiger partial charge in [0.1, 0.15) is 0 Å². The highest BCUT2D eigenvalue weighted by Gasteiger charge is 2.30. The summed E-state index contributed by atoms with van der Waals surface area (Å²) in [5.41, 5.74) is -0.425. The van der Waals surface area contributed by atoms with Crippen LogP contribution in [0.4, 0.5) is 5.69 Å². The van der Waals surface area contributed by atoms with E-state index in [0.29, 0.717) is 4.47 Å². The van der Waals surface area contributed by atoms with Crippen molar-refractivity contribution < 1.29 is 13.3 Å². The quantitative estimate of drug-likeness (QED) is 0.624. The van der Waals surface area contributed by atoms with E-state index in [2.05, 4.69) is 15.9 Å². The maximum Gasteiger partial charge on any atom is 0.289 e. The van der Waals surface area contributed by atoms with Crippen molar-refractivity contribution in [2.75, 3.05) is 7.05 Å². The number of hydrogen-bond acceptors (Lipinski definition) is 4. The highest BCUT2D eigenvalue weighted by atomic mass is 79.9. The van der Waals surface area contributed by atoms with E-state index in [0.717, 1.165) is 4.31 Å². The lowest BCUT2D eigenvalue weighted by atomic mass is 10.3. The van der Waals surface area contributed by atoms with Crippen molar-refractivity contribution >= 4 is 31.6 Å². The van der Waals surface area contributed by atoms with E-state index >= 15 is 0 Å². The zero-order valence-corrected chi connectivity index (χ0v) is 12.5. The molecule has 0 saturated heterocycles. The summed E-state index contributed by atoms with van der Waals surface area (Å²) in [5.74, 6) is 0. The number of benzene rings is 1. The fraction of sp³-hybridized carbons (Fsp3) is 0.400. The lowest BCUT2D eigenvalue weighted by molar-refractivity contribution is -0.387. The summed E-state index contributed by atoms with van der Waals surface area (Å²) in [6, 6.07) is 3.57. The predicted octanol–water partition coefficient (Wildman–Crippen LogP) is 2.39. The molecule has 0 radical (unpaired) electrons. The average molecular weight is 337 g/mol. The van der Waals surface area contributed by atoms with Crippen LogP contribution in [0.1, 0.15) is 13.8 Å². The first kappa shape index (κ1) is 15.1. The fourth-order valence-electron chi connectivity index (χ4n) is 1.28. The van der Waals surface area contributed by atoms with Crippen LogP contribution in [0.15, 0.2) is 27.6 Å². The van der Waals surface area contributed by atoms with Crippen LogP contribution < -0.4 is 0 Å². The molecule has 0 unspecified atom stereocenters. The van der Waals surface area contributed by atoms with Gasteiger partial charge in [-0.2, -0.15) is 4.31 Å². The van der Waals surface area contributed by atoms with Gasteiger partial charge in [-0.3, -0.25) is 10.1 Å². The molecular formula is C10H13BrN2O4S. The second kappa shape index (κ2) is 5.33. The van der Waals surface area contributed by atoms with Crippen molar-refractivity contribution in [1.29, 1.82) is 0 Å². The van der Waals surface area contributed by atoms with Crippen molar-refractivity contribution in [3.63, 3.8) is 0 Å². The standard InChI is InChI=1S/C10H13BrN2O4S/c1-7(2)12(3)18(16,17)10-6-8(11)4-5-9(10)13(14)15/h4-7H,1-3H3. The van der Waals surface area contributed by atoms with Crippen LogP contribution >= 0.6 is 15.9 Å². The minimum atomic E-state index is -3.87.